The van der Waals surface area contributed by atoms with Crippen LogP contribution in [0.15, 0.2) is 23.5 Å². The normalized spacial score (nSPS) is 18.9. The average molecular weight is 505 g/mol. The smallest absolute Gasteiger partial charge is 0.225 e. The summed E-state index contributed by atoms with van der Waals surface area (Å²) in [5.41, 5.74) is 4.49. The molecule has 3 aromatic rings. The molecule has 0 radical (unpaired) electrons. The largest absolute Gasteiger partial charge is 0.490 e. The minimum Gasteiger partial charge on any atom is -0.490 e. The molecule has 1 atom stereocenters. The molecular weight excluding hydrogens is 472 g/mol. The number of carbonyl (C=O) groups is 1. The van der Waals surface area contributed by atoms with E-state index < -0.39 is 0 Å². The Morgan fingerprint density at radius 3 is 2.94 bits per heavy atom. The molecule has 0 bridgehead atoms. The molecule has 0 unspecified atom stereocenters. The Kier molecular flexibility index (Phi) is 6.35. The predicted octanol–water partition coefficient (Wildman–Crippen LogP) is 4.04. The molecule has 0 spiro atoms. The van der Waals surface area contributed by atoms with Crippen LogP contribution in [0.5, 0.6) is 5.75 Å². The summed E-state index contributed by atoms with van der Waals surface area (Å²) in [4.78, 5) is 32.7. The molecule has 6 rings (SSSR count). The summed E-state index contributed by atoms with van der Waals surface area (Å²) in [7, 11) is 3.67. The first-order valence-electron chi connectivity index (χ1n) is 12.8. The van der Waals surface area contributed by atoms with Crippen LogP contribution in [-0.4, -0.2) is 72.2 Å². The standard InChI is InChI=1S/C27H32N6O2S/c1-32(2)27(34)17-5-6-20-23(13-17)36-26-24(20)25(29-16-30-26)31-21-11-18-14-28-15-19(18)12-22(21)35-10-9-33-7-3-4-8-33/h11-12,14,16-17H,3-10,13,15H2,1-2H3,(H,29,30,31)/t17-/m0/s1. The number of nitrogens with zero attached hydrogens (tertiary/aromatic N) is 5. The number of benzene rings is 1. The maximum atomic E-state index is 12.6. The highest BCUT2D eigenvalue weighted by Gasteiger charge is 2.30. The van der Waals surface area contributed by atoms with Crippen molar-refractivity contribution in [2.45, 2.75) is 38.6 Å². The lowest BCUT2D eigenvalue weighted by Gasteiger charge is -2.24. The molecule has 8 nitrogen and oxygen atoms in total. The first-order chi connectivity index (χ1) is 17.6. The van der Waals surface area contributed by atoms with Crippen LogP contribution >= 0.6 is 11.3 Å². The Bertz CT molecular complexity index is 1330. The van der Waals surface area contributed by atoms with E-state index in [4.69, 9.17) is 4.74 Å². The molecule has 2 aromatic heterocycles. The summed E-state index contributed by atoms with van der Waals surface area (Å²) in [6.45, 7) is 4.62. The van der Waals surface area contributed by atoms with Crippen LogP contribution in [0.1, 0.15) is 40.8 Å². The maximum absolute atomic E-state index is 12.6. The second-order valence-corrected chi connectivity index (χ2v) is 11.2. The number of aromatic nitrogens is 2. The number of anilines is 2. The van der Waals surface area contributed by atoms with Gasteiger partial charge in [0, 0.05) is 37.6 Å². The third kappa shape index (κ3) is 4.46. The monoisotopic (exact) mass is 504 g/mol. The lowest BCUT2D eigenvalue weighted by molar-refractivity contribution is -0.133. The van der Waals surface area contributed by atoms with Crippen molar-refractivity contribution in [3.8, 4) is 5.75 Å². The Hall–Kier alpha value is -3.04. The molecular formula is C27H32N6O2S. The van der Waals surface area contributed by atoms with Crippen LogP contribution < -0.4 is 10.1 Å². The lowest BCUT2D eigenvalue weighted by Crippen LogP contribution is -2.32. The van der Waals surface area contributed by atoms with E-state index in [1.807, 2.05) is 20.3 Å². The molecule has 9 heteroatoms. The highest BCUT2D eigenvalue weighted by atomic mass is 32.1. The number of aliphatic imine (C=N–C) groups is 1. The number of likely N-dealkylation sites (tertiary alicyclic amines) is 1. The average Bonchev–Trinajstić information content (AvgIpc) is 3.63. The fourth-order valence-corrected chi connectivity index (χ4v) is 6.82. The van der Waals surface area contributed by atoms with Crippen LogP contribution in [0.2, 0.25) is 0 Å². The number of rotatable bonds is 7. The lowest BCUT2D eigenvalue weighted by atomic mass is 9.87. The summed E-state index contributed by atoms with van der Waals surface area (Å²) < 4.78 is 6.32. The second-order valence-electron chi connectivity index (χ2n) is 10.1. The van der Waals surface area contributed by atoms with Gasteiger partial charge in [-0.25, -0.2) is 9.97 Å². The number of carbonyl (C=O) groups excluding carboxylic acids is 1. The zero-order valence-corrected chi connectivity index (χ0v) is 21.7. The van der Waals surface area contributed by atoms with Crippen molar-refractivity contribution in [3.05, 3.63) is 40.0 Å². The Labute approximate surface area is 215 Å². The van der Waals surface area contributed by atoms with Crippen molar-refractivity contribution in [1.82, 2.24) is 19.8 Å². The van der Waals surface area contributed by atoms with Crippen LogP contribution in [0.4, 0.5) is 11.5 Å². The third-order valence-corrected chi connectivity index (χ3v) is 8.65. The van der Waals surface area contributed by atoms with Gasteiger partial charge in [0.2, 0.25) is 5.91 Å². The zero-order chi connectivity index (χ0) is 24.6. The molecule has 1 fully saturated rings. The van der Waals surface area contributed by atoms with E-state index >= 15 is 0 Å². The van der Waals surface area contributed by atoms with Gasteiger partial charge in [0.15, 0.2) is 0 Å². The first kappa shape index (κ1) is 23.4. The molecule has 0 saturated carbocycles. The molecule has 1 amide bonds. The van der Waals surface area contributed by atoms with Crippen molar-refractivity contribution < 1.29 is 9.53 Å². The van der Waals surface area contributed by atoms with Crippen molar-refractivity contribution in [2.24, 2.45) is 10.9 Å². The van der Waals surface area contributed by atoms with Gasteiger partial charge in [-0.2, -0.15) is 0 Å². The van der Waals surface area contributed by atoms with E-state index in [2.05, 4.69) is 37.3 Å². The molecule has 36 heavy (non-hydrogen) atoms. The molecule has 188 valence electrons. The fraction of sp³-hybridized carbons (Fsp3) is 0.481. The second kappa shape index (κ2) is 9.78. The topological polar surface area (TPSA) is 83.0 Å². The van der Waals surface area contributed by atoms with Crippen LogP contribution in [-0.2, 0) is 24.2 Å². The molecule has 1 N–H and O–H groups in total. The van der Waals surface area contributed by atoms with Gasteiger partial charge in [-0.15, -0.1) is 11.3 Å². The Balaban J connectivity index is 1.29. The molecule has 1 saturated heterocycles. The third-order valence-electron chi connectivity index (χ3n) is 7.49. The number of ether oxygens (including phenoxy) is 1. The van der Waals surface area contributed by atoms with Gasteiger partial charge >= 0.3 is 0 Å². The predicted molar refractivity (Wildman–Crippen MR) is 144 cm³/mol. The summed E-state index contributed by atoms with van der Waals surface area (Å²) in [5, 5.41) is 4.67. The molecule has 3 aliphatic rings. The molecule has 1 aliphatic carbocycles. The number of fused-ring (bicyclic) bond motifs is 4. The van der Waals surface area contributed by atoms with Crippen LogP contribution in [0.25, 0.3) is 10.2 Å². The summed E-state index contributed by atoms with van der Waals surface area (Å²) in [5.74, 6) is 1.88. The van der Waals surface area contributed by atoms with Crippen LogP contribution in [0.3, 0.4) is 0 Å². The summed E-state index contributed by atoms with van der Waals surface area (Å²) in [6.07, 6.45) is 8.59. The van der Waals surface area contributed by atoms with Crippen molar-refractivity contribution in [2.75, 3.05) is 45.7 Å². The van der Waals surface area contributed by atoms with Crippen molar-refractivity contribution >= 4 is 45.2 Å². The number of nitrogens with one attached hydrogen (secondary N) is 1. The fourth-order valence-electron chi connectivity index (χ4n) is 5.55. The summed E-state index contributed by atoms with van der Waals surface area (Å²) in [6, 6.07) is 4.24. The number of hydrogen-bond acceptors (Lipinski definition) is 8. The number of hydrogen-bond donors (Lipinski definition) is 1. The Morgan fingerprint density at radius 1 is 1.25 bits per heavy atom. The van der Waals surface area contributed by atoms with E-state index in [0.717, 1.165) is 71.9 Å². The van der Waals surface area contributed by atoms with Gasteiger partial charge in [0.25, 0.3) is 0 Å². The number of thiophene rings is 1. The van der Waals surface area contributed by atoms with E-state index in [1.54, 1.807) is 22.6 Å². The SMILES string of the molecule is CN(C)C(=O)[C@H]1CCc2c(sc3ncnc(Nc4cc5c(cc4OCCN4CCCC4)CN=C5)c23)C1. The molecule has 2 aliphatic heterocycles. The van der Waals surface area contributed by atoms with Crippen molar-refractivity contribution in [3.63, 3.8) is 0 Å². The highest BCUT2D eigenvalue weighted by Crippen LogP contribution is 2.42. The first-order valence-corrected chi connectivity index (χ1v) is 13.6. The van der Waals surface area contributed by atoms with Crippen molar-refractivity contribution in [1.29, 1.82) is 0 Å². The summed E-state index contributed by atoms with van der Waals surface area (Å²) >= 11 is 1.69. The zero-order valence-electron chi connectivity index (χ0n) is 20.9. The van der Waals surface area contributed by atoms with E-state index in [0.29, 0.717) is 13.2 Å². The Morgan fingerprint density at radius 2 is 2.11 bits per heavy atom. The van der Waals surface area contributed by atoms with Gasteiger partial charge in [-0.1, -0.05) is 0 Å². The van der Waals surface area contributed by atoms with Gasteiger partial charge in [-0.3, -0.25) is 14.7 Å². The minimum atomic E-state index is 0.0385. The van der Waals surface area contributed by atoms with E-state index in [1.165, 1.54) is 28.8 Å². The quantitative estimate of drug-likeness (QED) is 0.523. The molecule has 1 aromatic carbocycles. The van der Waals surface area contributed by atoms with Gasteiger partial charge in [0.1, 0.15) is 29.3 Å². The van der Waals surface area contributed by atoms with Crippen LogP contribution in [0, 0.1) is 5.92 Å². The number of aryl methyl sites for hydroxylation is 1. The van der Waals surface area contributed by atoms with E-state index in [9.17, 15) is 4.79 Å². The highest BCUT2D eigenvalue weighted by molar-refractivity contribution is 7.19. The van der Waals surface area contributed by atoms with E-state index in [-0.39, 0.29) is 11.8 Å². The maximum Gasteiger partial charge on any atom is 0.225 e. The number of amides is 1. The van der Waals surface area contributed by atoms with Gasteiger partial charge in [0.05, 0.1) is 17.6 Å². The molecule has 4 heterocycles. The van der Waals surface area contributed by atoms with Gasteiger partial charge < -0.3 is 15.0 Å². The van der Waals surface area contributed by atoms with Gasteiger partial charge in [-0.05, 0) is 74.0 Å². The minimum absolute atomic E-state index is 0.0385.